The van der Waals surface area contributed by atoms with Gasteiger partial charge in [0.25, 0.3) is 0 Å². The maximum absolute atomic E-state index is 13.5. The van der Waals surface area contributed by atoms with Crippen molar-refractivity contribution >= 4 is 29.2 Å². The number of rotatable bonds is 14. The summed E-state index contributed by atoms with van der Waals surface area (Å²) in [6.07, 6.45) is 8.60. The van der Waals surface area contributed by atoms with E-state index in [0.717, 1.165) is 67.2 Å². The highest BCUT2D eigenvalue weighted by atomic mass is 35.5. The molecule has 2 unspecified atom stereocenters. The molecule has 0 aliphatic carbocycles. The number of fused-ring (bicyclic) bond motifs is 1. The second kappa shape index (κ2) is 16.0. The molecule has 0 aromatic heterocycles. The van der Waals surface area contributed by atoms with E-state index in [1.54, 1.807) is 18.0 Å². The number of hydrogen-bond acceptors (Lipinski definition) is 5. The van der Waals surface area contributed by atoms with Crippen LogP contribution in [0.1, 0.15) is 88.3 Å². The van der Waals surface area contributed by atoms with Crippen LogP contribution in [0.25, 0.3) is 0 Å². The SMILES string of the molecule is C=CCCCCN1CC(c2ccc(Cl)cc2CCC)COc2ccc(C(CC(=O)N(C)CC=C)C(=O)OC(C)(C)C)cc21. The van der Waals surface area contributed by atoms with Crippen LogP contribution in [0, 0.1) is 0 Å². The Labute approximate surface area is 263 Å². The molecule has 0 saturated heterocycles. The zero-order valence-corrected chi connectivity index (χ0v) is 27.4. The summed E-state index contributed by atoms with van der Waals surface area (Å²) in [7, 11) is 1.72. The van der Waals surface area contributed by atoms with E-state index in [0.29, 0.717) is 13.2 Å². The normalized spacial score (nSPS) is 15.5. The van der Waals surface area contributed by atoms with Gasteiger partial charge in [-0.3, -0.25) is 9.59 Å². The number of halogens is 1. The minimum Gasteiger partial charge on any atom is -0.491 e. The minimum atomic E-state index is -0.752. The number of allylic oxidation sites excluding steroid dienone is 1. The monoisotopic (exact) mass is 608 g/mol. The molecule has 2 aromatic carbocycles. The summed E-state index contributed by atoms with van der Waals surface area (Å²) in [4.78, 5) is 30.6. The fraction of sp³-hybridized carbons (Fsp3) is 0.500. The molecule has 2 atom stereocenters. The quantitative estimate of drug-likeness (QED) is 0.123. The highest BCUT2D eigenvalue weighted by molar-refractivity contribution is 6.30. The molecule has 0 N–H and O–H groups in total. The third kappa shape index (κ3) is 9.89. The fourth-order valence-electron chi connectivity index (χ4n) is 5.51. The summed E-state index contributed by atoms with van der Waals surface area (Å²) in [5.41, 5.74) is 3.51. The van der Waals surface area contributed by atoms with Crippen molar-refractivity contribution in [1.82, 2.24) is 4.90 Å². The number of esters is 1. The first-order valence-electron chi connectivity index (χ1n) is 15.5. The number of benzene rings is 2. The van der Waals surface area contributed by atoms with E-state index in [2.05, 4.69) is 37.1 Å². The van der Waals surface area contributed by atoms with Gasteiger partial charge in [-0.25, -0.2) is 0 Å². The van der Waals surface area contributed by atoms with E-state index in [1.165, 1.54) is 11.1 Å². The second-order valence-corrected chi connectivity index (χ2v) is 12.8. The molecule has 6 nitrogen and oxygen atoms in total. The number of unbranched alkanes of at least 4 members (excludes halogenated alkanes) is 2. The first-order chi connectivity index (χ1) is 20.5. The van der Waals surface area contributed by atoms with Crippen LogP contribution in [0.15, 0.2) is 61.7 Å². The highest BCUT2D eigenvalue weighted by Gasteiger charge is 2.32. The first-order valence-corrected chi connectivity index (χ1v) is 15.8. The molecular weight excluding hydrogens is 560 g/mol. The first kappa shape index (κ1) is 34.2. The van der Waals surface area contributed by atoms with Crippen LogP contribution in [-0.4, -0.2) is 55.7 Å². The average Bonchev–Trinajstić information content (AvgIpc) is 3.12. The van der Waals surface area contributed by atoms with Crippen LogP contribution in [0.2, 0.25) is 5.02 Å². The predicted octanol–water partition coefficient (Wildman–Crippen LogP) is 8.09. The lowest BCUT2D eigenvalue weighted by atomic mass is 9.91. The van der Waals surface area contributed by atoms with Gasteiger partial charge in [-0.2, -0.15) is 0 Å². The lowest BCUT2D eigenvalue weighted by Gasteiger charge is -2.29. The minimum absolute atomic E-state index is 0.00596. The van der Waals surface area contributed by atoms with Crippen LogP contribution in [0.4, 0.5) is 5.69 Å². The van der Waals surface area contributed by atoms with E-state index >= 15 is 0 Å². The van der Waals surface area contributed by atoms with Crippen molar-refractivity contribution in [2.24, 2.45) is 0 Å². The summed E-state index contributed by atoms with van der Waals surface area (Å²) < 4.78 is 12.3. The Balaban J connectivity index is 2.02. The molecule has 2 aromatic rings. The van der Waals surface area contributed by atoms with Gasteiger partial charge < -0.3 is 19.3 Å². The van der Waals surface area contributed by atoms with E-state index in [1.807, 2.05) is 51.1 Å². The van der Waals surface area contributed by atoms with Gasteiger partial charge in [0.2, 0.25) is 5.91 Å². The zero-order chi connectivity index (χ0) is 31.6. The van der Waals surface area contributed by atoms with Gasteiger partial charge in [0.1, 0.15) is 11.4 Å². The molecule has 0 spiro atoms. The molecular formula is C36H49ClN2O4. The number of ether oxygens (including phenoxy) is 2. The van der Waals surface area contributed by atoms with Crippen molar-refractivity contribution in [1.29, 1.82) is 0 Å². The van der Waals surface area contributed by atoms with Crippen LogP contribution in [-0.2, 0) is 20.7 Å². The van der Waals surface area contributed by atoms with E-state index in [-0.39, 0.29) is 18.2 Å². The Morgan fingerprint density at radius 1 is 1.16 bits per heavy atom. The number of carbonyl (C=O) groups excluding carboxylic acids is 2. The van der Waals surface area contributed by atoms with Crippen LogP contribution in [0.5, 0.6) is 5.75 Å². The Morgan fingerprint density at radius 3 is 2.60 bits per heavy atom. The van der Waals surface area contributed by atoms with Gasteiger partial charge in [0, 0.05) is 44.0 Å². The molecule has 0 fully saturated rings. The smallest absolute Gasteiger partial charge is 0.314 e. The van der Waals surface area contributed by atoms with Crippen LogP contribution < -0.4 is 9.64 Å². The van der Waals surface area contributed by atoms with Crippen LogP contribution in [0.3, 0.4) is 0 Å². The summed E-state index contributed by atoms with van der Waals surface area (Å²) in [6, 6.07) is 12.0. The summed E-state index contributed by atoms with van der Waals surface area (Å²) in [5, 5.41) is 0.748. The Morgan fingerprint density at radius 2 is 1.93 bits per heavy atom. The number of likely N-dealkylation sites (N-methyl/N-ethyl adjacent to an activating group) is 1. The van der Waals surface area contributed by atoms with Crippen molar-refractivity contribution < 1.29 is 19.1 Å². The molecule has 234 valence electrons. The number of carbonyl (C=O) groups is 2. The largest absolute Gasteiger partial charge is 0.491 e. The standard InChI is InChI=1S/C36H49ClN2O4/c1-8-11-12-13-20-39-24-28(30-17-16-29(37)21-26(30)14-9-2)25-42-33-18-15-27(22-32(33)39)31(35(41)43-36(4,5)6)23-34(40)38(7)19-10-3/h8,10,15-18,21-22,28,31H,1,3,9,11-14,19-20,23-25H2,2,4-7H3. The molecule has 3 rings (SSSR count). The maximum Gasteiger partial charge on any atom is 0.314 e. The lowest BCUT2D eigenvalue weighted by Crippen LogP contribution is -2.33. The molecule has 43 heavy (non-hydrogen) atoms. The van der Waals surface area contributed by atoms with Gasteiger partial charge >= 0.3 is 5.97 Å². The Hall–Kier alpha value is -3.25. The molecule has 0 radical (unpaired) electrons. The highest BCUT2D eigenvalue weighted by Crippen LogP contribution is 2.39. The predicted molar refractivity (Wildman–Crippen MR) is 177 cm³/mol. The number of anilines is 1. The van der Waals surface area contributed by atoms with Crippen molar-refractivity contribution in [3.8, 4) is 5.75 Å². The van der Waals surface area contributed by atoms with E-state index < -0.39 is 17.5 Å². The molecule has 1 aliphatic heterocycles. The summed E-state index contributed by atoms with van der Waals surface area (Å²) in [6.45, 7) is 17.9. The van der Waals surface area contributed by atoms with E-state index in [9.17, 15) is 9.59 Å². The van der Waals surface area contributed by atoms with Gasteiger partial charge in [-0.15, -0.1) is 13.2 Å². The molecule has 7 heteroatoms. The van der Waals surface area contributed by atoms with Gasteiger partial charge in [0.15, 0.2) is 0 Å². The third-order valence-corrected chi connectivity index (χ3v) is 7.89. The van der Waals surface area contributed by atoms with Gasteiger partial charge in [-0.05, 0) is 87.4 Å². The maximum atomic E-state index is 13.5. The van der Waals surface area contributed by atoms with Crippen molar-refractivity contribution in [3.63, 3.8) is 0 Å². The number of nitrogens with zero attached hydrogens (tertiary/aromatic N) is 2. The van der Waals surface area contributed by atoms with Crippen molar-refractivity contribution in [2.75, 3.05) is 38.2 Å². The Kier molecular flexibility index (Phi) is 12.7. The van der Waals surface area contributed by atoms with Crippen molar-refractivity contribution in [3.05, 3.63) is 83.4 Å². The number of hydrogen-bond donors (Lipinski definition) is 0. The summed E-state index contributed by atoms with van der Waals surface area (Å²) >= 11 is 6.39. The topological polar surface area (TPSA) is 59.1 Å². The fourth-order valence-corrected chi connectivity index (χ4v) is 5.71. The zero-order valence-electron chi connectivity index (χ0n) is 26.7. The average molecular weight is 609 g/mol. The second-order valence-electron chi connectivity index (χ2n) is 12.4. The Bertz CT molecular complexity index is 1270. The molecule has 1 aliphatic rings. The summed E-state index contributed by atoms with van der Waals surface area (Å²) in [5.74, 6) is -0.389. The third-order valence-electron chi connectivity index (χ3n) is 7.66. The lowest BCUT2D eigenvalue weighted by molar-refractivity contribution is -0.158. The molecule has 0 saturated carbocycles. The molecule has 1 amide bonds. The van der Waals surface area contributed by atoms with Crippen LogP contribution >= 0.6 is 11.6 Å². The van der Waals surface area contributed by atoms with E-state index in [4.69, 9.17) is 21.1 Å². The molecule has 1 heterocycles. The van der Waals surface area contributed by atoms with Crippen molar-refractivity contribution in [2.45, 2.75) is 83.7 Å². The number of aryl methyl sites for hydroxylation is 1. The number of amides is 1. The van der Waals surface area contributed by atoms with Gasteiger partial charge in [-0.1, -0.05) is 49.2 Å². The van der Waals surface area contributed by atoms with Gasteiger partial charge in [0.05, 0.1) is 18.2 Å². The molecule has 0 bridgehead atoms.